The number of benzene rings is 1. The van der Waals surface area contributed by atoms with Crippen molar-refractivity contribution >= 4 is 5.91 Å². The molecule has 1 aromatic heterocycles. The molecule has 2 aromatic rings. The number of hydrazine groups is 1. The maximum atomic E-state index is 12.7. The fourth-order valence-electron chi connectivity index (χ4n) is 3.72. The molecule has 2 aliphatic heterocycles. The molecule has 3 heterocycles. The lowest BCUT2D eigenvalue weighted by atomic mass is 9.89. The van der Waals surface area contributed by atoms with Gasteiger partial charge in [-0.2, -0.15) is 5.10 Å². The molecule has 2 fully saturated rings. The van der Waals surface area contributed by atoms with Gasteiger partial charge in [0.2, 0.25) is 5.91 Å². The molecule has 4 N–H and O–H groups in total. The van der Waals surface area contributed by atoms with Crippen molar-refractivity contribution in [1.29, 1.82) is 0 Å². The van der Waals surface area contributed by atoms with E-state index in [1.807, 2.05) is 42.1 Å². The molecular weight excluding hydrogens is 316 g/mol. The van der Waals surface area contributed by atoms with Gasteiger partial charge in [-0.25, -0.2) is 10.1 Å². The number of nitrogens with zero attached hydrogens (tertiary/aromatic N) is 2. The number of rotatable bonds is 4. The van der Waals surface area contributed by atoms with E-state index in [4.69, 9.17) is 0 Å². The summed E-state index contributed by atoms with van der Waals surface area (Å²) in [7, 11) is 0. The predicted molar refractivity (Wildman–Crippen MR) is 94.9 cm³/mol. The Balaban J connectivity index is 1.44. The van der Waals surface area contributed by atoms with Crippen molar-refractivity contribution in [3.8, 4) is 5.69 Å². The molecular formula is C18H24N6O. The third-order valence-corrected chi connectivity index (χ3v) is 5.16. The number of hydrogen-bond donors (Lipinski definition) is 4. The van der Waals surface area contributed by atoms with Crippen LogP contribution in [0, 0.1) is 5.92 Å². The molecule has 132 valence electrons. The standard InChI is InChI=1S/C18H24N6O/c1-12(13-4-2-5-14(10-13)24-9-3-7-20-24)21-18(25)17-15-11-19-8-6-16(15)22-23-17/h2-5,7,9-10,12,15-17,19,22-23H,6,8,11H2,1H3,(H,21,25). The number of amides is 1. The summed E-state index contributed by atoms with van der Waals surface area (Å²) in [6.45, 7) is 3.88. The van der Waals surface area contributed by atoms with E-state index in [2.05, 4.69) is 32.7 Å². The molecule has 2 saturated heterocycles. The Morgan fingerprint density at radius 3 is 3.12 bits per heavy atom. The summed E-state index contributed by atoms with van der Waals surface area (Å²) >= 11 is 0. The fraction of sp³-hybridized carbons (Fsp3) is 0.444. The fourth-order valence-corrected chi connectivity index (χ4v) is 3.72. The Hall–Kier alpha value is -2.22. The lowest BCUT2D eigenvalue weighted by molar-refractivity contribution is -0.124. The summed E-state index contributed by atoms with van der Waals surface area (Å²) in [5, 5.41) is 10.8. The van der Waals surface area contributed by atoms with Crippen LogP contribution in [0.25, 0.3) is 5.69 Å². The highest BCUT2D eigenvalue weighted by Gasteiger charge is 2.41. The molecule has 4 unspecified atom stereocenters. The van der Waals surface area contributed by atoms with Gasteiger partial charge in [0.1, 0.15) is 6.04 Å². The van der Waals surface area contributed by atoms with Crippen molar-refractivity contribution in [1.82, 2.24) is 31.3 Å². The molecule has 4 atom stereocenters. The van der Waals surface area contributed by atoms with Crippen LogP contribution in [0.1, 0.15) is 24.9 Å². The summed E-state index contributed by atoms with van der Waals surface area (Å²) < 4.78 is 1.82. The maximum Gasteiger partial charge on any atom is 0.239 e. The van der Waals surface area contributed by atoms with E-state index >= 15 is 0 Å². The summed E-state index contributed by atoms with van der Waals surface area (Å²) in [5.41, 5.74) is 8.49. The lowest BCUT2D eigenvalue weighted by Gasteiger charge is -2.28. The summed E-state index contributed by atoms with van der Waals surface area (Å²) in [6, 6.07) is 10.1. The van der Waals surface area contributed by atoms with Gasteiger partial charge in [-0.05, 0) is 43.7 Å². The van der Waals surface area contributed by atoms with E-state index in [0.29, 0.717) is 6.04 Å². The highest BCUT2D eigenvalue weighted by Crippen LogP contribution is 2.22. The Kier molecular flexibility index (Phi) is 4.52. The number of fused-ring (bicyclic) bond motifs is 1. The number of hydrogen-bond acceptors (Lipinski definition) is 5. The molecule has 0 radical (unpaired) electrons. The van der Waals surface area contributed by atoms with Crippen LogP contribution >= 0.6 is 0 Å². The van der Waals surface area contributed by atoms with Crippen LogP contribution in [-0.2, 0) is 4.79 Å². The summed E-state index contributed by atoms with van der Waals surface area (Å²) in [4.78, 5) is 12.7. The molecule has 1 amide bonds. The first-order valence-corrected chi connectivity index (χ1v) is 8.84. The van der Waals surface area contributed by atoms with Crippen LogP contribution in [0.3, 0.4) is 0 Å². The average molecular weight is 340 g/mol. The number of carbonyl (C=O) groups is 1. The van der Waals surface area contributed by atoms with E-state index in [1.165, 1.54) is 0 Å². The summed E-state index contributed by atoms with van der Waals surface area (Å²) in [6.07, 6.45) is 4.71. The Bertz CT molecular complexity index is 731. The van der Waals surface area contributed by atoms with Gasteiger partial charge in [-0.15, -0.1) is 0 Å². The van der Waals surface area contributed by atoms with Crippen molar-refractivity contribution in [2.45, 2.75) is 31.5 Å². The molecule has 1 aromatic carbocycles. The number of carbonyl (C=O) groups excluding carboxylic acids is 1. The van der Waals surface area contributed by atoms with E-state index in [-0.39, 0.29) is 23.9 Å². The molecule has 0 spiro atoms. The van der Waals surface area contributed by atoms with Crippen molar-refractivity contribution in [3.05, 3.63) is 48.3 Å². The Morgan fingerprint density at radius 1 is 1.36 bits per heavy atom. The van der Waals surface area contributed by atoms with Crippen LogP contribution < -0.4 is 21.5 Å². The van der Waals surface area contributed by atoms with E-state index in [1.54, 1.807) is 6.20 Å². The minimum Gasteiger partial charge on any atom is -0.348 e. The van der Waals surface area contributed by atoms with Crippen LogP contribution in [0.4, 0.5) is 0 Å². The minimum atomic E-state index is -0.199. The molecule has 7 nitrogen and oxygen atoms in total. The van der Waals surface area contributed by atoms with Gasteiger partial charge in [0, 0.05) is 30.9 Å². The highest BCUT2D eigenvalue weighted by atomic mass is 16.2. The van der Waals surface area contributed by atoms with Gasteiger partial charge in [-0.3, -0.25) is 10.2 Å². The van der Waals surface area contributed by atoms with Crippen LogP contribution in [0.2, 0.25) is 0 Å². The first kappa shape index (κ1) is 16.3. The number of aromatic nitrogens is 2. The van der Waals surface area contributed by atoms with Crippen LogP contribution in [0.15, 0.2) is 42.7 Å². The SMILES string of the molecule is CC(NC(=O)C1NNC2CCNCC21)c1cccc(-n2cccn2)c1. The molecule has 2 aliphatic rings. The van der Waals surface area contributed by atoms with Gasteiger partial charge >= 0.3 is 0 Å². The first-order chi connectivity index (χ1) is 12.2. The molecule has 4 rings (SSSR count). The van der Waals surface area contributed by atoms with Gasteiger partial charge in [-0.1, -0.05) is 12.1 Å². The Morgan fingerprint density at radius 2 is 2.28 bits per heavy atom. The van der Waals surface area contributed by atoms with Crippen molar-refractivity contribution in [3.63, 3.8) is 0 Å². The molecule has 7 heteroatoms. The third-order valence-electron chi connectivity index (χ3n) is 5.16. The average Bonchev–Trinajstić information content (AvgIpc) is 3.31. The minimum absolute atomic E-state index is 0.0423. The molecule has 0 aliphatic carbocycles. The second-order valence-electron chi connectivity index (χ2n) is 6.81. The van der Waals surface area contributed by atoms with E-state index in [9.17, 15) is 4.79 Å². The van der Waals surface area contributed by atoms with Crippen molar-refractivity contribution in [2.24, 2.45) is 5.92 Å². The zero-order chi connectivity index (χ0) is 17.2. The quantitative estimate of drug-likeness (QED) is 0.652. The van der Waals surface area contributed by atoms with Gasteiger partial charge in [0.15, 0.2) is 0 Å². The monoisotopic (exact) mass is 340 g/mol. The van der Waals surface area contributed by atoms with Gasteiger partial charge < -0.3 is 10.6 Å². The lowest BCUT2D eigenvalue weighted by Crippen LogP contribution is -2.49. The number of piperidine rings is 1. The second kappa shape index (κ2) is 6.95. The Labute approximate surface area is 147 Å². The van der Waals surface area contributed by atoms with Crippen molar-refractivity contribution in [2.75, 3.05) is 13.1 Å². The summed E-state index contributed by atoms with van der Waals surface area (Å²) in [5.74, 6) is 0.331. The van der Waals surface area contributed by atoms with Gasteiger partial charge in [0.05, 0.1) is 11.7 Å². The van der Waals surface area contributed by atoms with Gasteiger partial charge in [0.25, 0.3) is 0 Å². The van der Waals surface area contributed by atoms with Crippen LogP contribution in [-0.4, -0.2) is 40.9 Å². The largest absolute Gasteiger partial charge is 0.348 e. The van der Waals surface area contributed by atoms with E-state index < -0.39 is 0 Å². The van der Waals surface area contributed by atoms with Crippen LogP contribution in [0.5, 0.6) is 0 Å². The first-order valence-electron chi connectivity index (χ1n) is 8.84. The zero-order valence-corrected chi connectivity index (χ0v) is 14.3. The second-order valence-corrected chi connectivity index (χ2v) is 6.81. The highest BCUT2D eigenvalue weighted by molar-refractivity contribution is 5.83. The molecule has 0 bridgehead atoms. The normalized spacial score (nSPS) is 26.8. The predicted octanol–water partition coefficient (Wildman–Crippen LogP) is 0.504. The number of nitrogens with one attached hydrogen (secondary N) is 4. The molecule has 0 saturated carbocycles. The van der Waals surface area contributed by atoms with Crippen molar-refractivity contribution < 1.29 is 4.79 Å². The smallest absolute Gasteiger partial charge is 0.239 e. The molecule has 25 heavy (non-hydrogen) atoms. The van der Waals surface area contributed by atoms with E-state index in [0.717, 1.165) is 30.8 Å². The topological polar surface area (TPSA) is 83.0 Å². The zero-order valence-electron chi connectivity index (χ0n) is 14.3. The third kappa shape index (κ3) is 3.30. The maximum absolute atomic E-state index is 12.7.